The highest BCUT2D eigenvalue weighted by Crippen LogP contribution is 2.29. The SMILES string of the molecule is Cn1nc(-c2ccnc([Si])n2)c2sccc21. The quantitative estimate of drug-likeness (QED) is 0.596. The molecule has 3 radical (unpaired) electrons. The Bertz CT molecular complexity index is 658. The molecule has 0 fully saturated rings. The van der Waals surface area contributed by atoms with Gasteiger partial charge in [0, 0.05) is 13.2 Å². The molecule has 0 aliphatic carbocycles. The van der Waals surface area contributed by atoms with E-state index < -0.39 is 0 Å². The number of hydrogen-bond acceptors (Lipinski definition) is 4. The second-order valence-corrected chi connectivity index (χ2v) is 4.74. The second-order valence-electron chi connectivity index (χ2n) is 3.37. The van der Waals surface area contributed by atoms with E-state index >= 15 is 0 Å². The molecule has 4 nitrogen and oxygen atoms in total. The van der Waals surface area contributed by atoms with Crippen LogP contribution in [-0.2, 0) is 7.05 Å². The van der Waals surface area contributed by atoms with E-state index in [2.05, 4.69) is 36.8 Å². The summed E-state index contributed by atoms with van der Waals surface area (Å²) < 4.78 is 3.03. The van der Waals surface area contributed by atoms with Gasteiger partial charge in [0.25, 0.3) is 0 Å². The van der Waals surface area contributed by atoms with Gasteiger partial charge in [0.2, 0.25) is 0 Å². The summed E-state index contributed by atoms with van der Waals surface area (Å²) in [6.45, 7) is 0. The van der Waals surface area contributed by atoms with Crippen molar-refractivity contribution in [2.45, 2.75) is 0 Å². The molecule has 16 heavy (non-hydrogen) atoms. The fourth-order valence-corrected chi connectivity index (χ4v) is 2.75. The van der Waals surface area contributed by atoms with Crippen LogP contribution in [0.4, 0.5) is 0 Å². The van der Waals surface area contributed by atoms with E-state index in [1.807, 2.05) is 17.8 Å². The summed E-state index contributed by atoms with van der Waals surface area (Å²) in [7, 11) is 5.26. The normalized spacial score (nSPS) is 11.1. The molecule has 0 bridgehead atoms. The van der Waals surface area contributed by atoms with Gasteiger partial charge in [0.15, 0.2) is 0 Å². The van der Waals surface area contributed by atoms with Crippen molar-refractivity contribution < 1.29 is 0 Å². The van der Waals surface area contributed by atoms with Gasteiger partial charge >= 0.3 is 0 Å². The maximum Gasteiger partial charge on any atom is 0.129 e. The van der Waals surface area contributed by atoms with E-state index in [0.717, 1.165) is 21.6 Å². The van der Waals surface area contributed by atoms with Gasteiger partial charge in [-0.15, -0.1) is 11.3 Å². The summed E-state index contributed by atoms with van der Waals surface area (Å²) in [6.07, 6.45) is 1.72. The van der Waals surface area contributed by atoms with Crippen LogP contribution in [0.25, 0.3) is 21.6 Å². The van der Waals surface area contributed by atoms with E-state index in [1.54, 1.807) is 17.5 Å². The molecule has 3 rings (SSSR count). The van der Waals surface area contributed by atoms with Crippen molar-refractivity contribution >= 4 is 37.2 Å². The number of thiophene rings is 1. The van der Waals surface area contributed by atoms with Crippen molar-refractivity contribution in [1.29, 1.82) is 0 Å². The third-order valence-corrected chi connectivity index (χ3v) is 3.51. The number of fused-ring (bicyclic) bond motifs is 1. The molecule has 0 N–H and O–H groups in total. The third-order valence-electron chi connectivity index (χ3n) is 2.36. The predicted molar refractivity (Wildman–Crippen MR) is 65.0 cm³/mol. The van der Waals surface area contributed by atoms with E-state index in [9.17, 15) is 0 Å². The predicted octanol–water partition coefficient (Wildman–Crippen LogP) is 0.886. The molecular formula is C10H7N4SSi. The Hall–Kier alpha value is -1.53. The Balaban J connectivity index is 2.29. The fraction of sp³-hybridized carbons (Fsp3) is 0.100. The third kappa shape index (κ3) is 1.38. The van der Waals surface area contributed by atoms with Crippen LogP contribution >= 0.6 is 11.3 Å². The lowest BCUT2D eigenvalue weighted by Crippen LogP contribution is -2.12. The van der Waals surface area contributed by atoms with Gasteiger partial charge < -0.3 is 0 Å². The number of nitrogens with zero attached hydrogens (tertiary/aromatic N) is 4. The average molecular weight is 243 g/mol. The van der Waals surface area contributed by atoms with Crippen molar-refractivity contribution in [3.63, 3.8) is 0 Å². The van der Waals surface area contributed by atoms with E-state index in [1.165, 1.54) is 0 Å². The number of aromatic nitrogens is 4. The lowest BCUT2D eigenvalue weighted by atomic mass is 10.3. The first-order chi connectivity index (χ1) is 7.75. The number of hydrogen-bond donors (Lipinski definition) is 0. The minimum absolute atomic E-state index is 0.577. The van der Waals surface area contributed by atoms with Gasteiger partial charge in [0.1, 0.15) is 15.9 Å². The first kappa shape index (κ1) is 9.68. The highest BCUT2D eigenvalue weighted by molar-refractivity contribution is 7.17. The Morgan fingerprint density at radius 2 is 2.25 bits per heavy atom. The molecule has 0 atom stereocenters. The van der Waals surface area contributed by atoms with Crippen LogP contribution in [0.2, 0.25) is 0 Å². The molecule has 77 valence electrons. The van der Waals surface area contributed by atoms with Crippen LogP contribution in [0, 0.1) is 0 Å². The van der Waals surface area contributed by atoms with Gasteiger partial charge in [-0.25, -0.2) is 9.97 Å². The van der Waals surface area contributed by atoms with Crippen molar-refractivity contribution in [2.75, 3.05) is 0 Å². The van der Waals surface area contributed by atoms with Crippen LogP contribution in [0.15, 0.2) is 23.7 Å². The molecular weight excluding hydrogens is 236 g/mol. The highest BCUT2D eigenvalue weighted by atomic mass is 32.1. The standard InChI is InChI=1S/C10H7N4SSi/c1-14-7-3-5-15-9(7)8(13-14)6-2-4-11-10(16)12-6/h2-5H,1H3. The van der Waals surface area contributed by atoms with E-state index in [4.69, 9.17) is 0 Å². The molecule has 3 aromatic heterocycles. The van der Waals surface area contributed by atoms with Gasteiger partial charge in [0.05, 0.1) is 21.4 Å². The van der Waals surface area contributed by atoms with Crippen LogP contribution in [0.3, 0.4) is 0 Å². The Morgan fingerprint density at radius 1 is 1.38 bits per heavy atom. The maximum absolute atomic E-state index is 4.48. The molecule has 0 saturated carbocycles. The zero-order valence-corrected chi connectivity index (χ0v) is 10.3. The highest BCUT2D eigenvalue weighted by Gasteiger charge is 2.12. The van der Waals surface area contributed by atoms with Crippen LogP contribution in [0.5, 0.6) is 0 Å². The Kier molecular flexibility index (Phi) is 2.11. The lowest BCUT2D eigenvalue weighted by Gasteiger charge is -1.96. The summed E-state index contributed by atoms with van der Waals surface area (Å²) >= 11 is 1.68. The summed E-state index contributed by atoms with van der Waals surface area (Å²) in [5.74, 6) is 0. The molecule has 0 saturated heterocycles. The number of aryl methyl sites for hydroxylation is 1. The monoisotopic (exact) mass is 243 g/mol. The topological polar surface area (TPSA) is 43.6 Å². The molecule has 0 aliphatic rings. The molecule has 6 heteroatoms. The van der Waals surface area contributed by atoms with Crippen LogP contribution < -0.4 is 5.45 Å². The smallest absolute Gasteiger partial charge is 0.129 e. The van der Waals surface area contributed by atoms with Gasteiger partial charge in [-0.05, 0) is 17.5 Å². The van der Waals surface area contributed by atoms with Crippen molar-refractivity contribution in [1.82, 2.24) is 19.7 Å². The van der Waals surface area contributed by atoms with E-state index in [0.29, 0.717) is 5.45 Å². The van der Waals surface area contributed by atoms with Crippen molar-refractivity contribution in [2.24, 2.45) is 7.05 Å². The van der Waals surface area contributed by atoms with Crippen molar-refractivity contribution in [3.8, 4) is 11.4 Å². The molecule has 3 heterocycles. The average Bonchev–Trinajstić information content (AvgIpc) is 2.83. The zero-order valence-electron chi connectivity index (χ0n) is 8.51. The van der Waals surface area contributed by atoms with Crippen LogP contribution in [-0.4, -0.2) is 30.0 Å². The fourth-order valence-electron chi connectivity index (χ4n) is 1.64. The Labute approximate surface area is 99.4 Å². The van der Waals surface area contributed by atoms with Crippen molar-refractivity contribution in [3.05, 3.63) is 23.7 Å². The minimum atomic E-state index is 0.577. The van der Waals surface area contributed by atoms with Crippen LogP contribution in [0.1, 0.15) is 0 Å². The Morgan fingerprint density at radius 3 is 3.06 bits per heavy atom. The largest absolute Gasteiger partial charge is 0.266 e. The van der Waals surface area contributed by atoms with Gasteiger partial charge in [-0.3, -0.25) is 4.68 Å². The summed E-state index contributed by atoms with van der Waals surface area (Å²) in [6, 6.07) is 3.93. The molecule has 0 amide bonds. The maximum atomic E-state index is 4.48. The van der Waals surface area contributed by atoms with Gasteiger partial charge in [-0.1, -0.05) is 0 Å². The first-order valence-corrected chi connectivity index (χ1v) is 6.09. The van der Waals surface area contributed by atoms with Gasteiger partial charge in [-0.2, -0.15) is 5.10 Å². The first-order valence-electron chi connectivity index (χ1n) is 4.71. The second kappa shape index (κ2) is 3.50. The molecule has 0 unspecified atom stereocenters. The zero-order chi connectivity index (χ0) is 11.1. The molecule has 0 aliphatic heterocycles. The lowest BCUT2D eigenvalue weighted by molar-refractivity contribution is 0.799. The summed E-state index contributed by atoms with van der Waals surface area (Å²) in [4.78, 5) is 8.33. The molecule has 0 aromatic carbocycles. The summed E-state index contributed by atoms with van der Waals surface area (Å²) in [5.41, 5.74) is 3.46. The number of rotatable bonds is 1. The molecule has 0 spiro atoms. The molecule has 3 aromatic rings. The van der Waals surface area contributed by atoms with E-state index in [-0.39, 0.29) is 0 Å². The minimum Gasteiger partial charge on any atom is -0.266 e. The summed E-state index contributed by atoms with van der Waals surface area (Å²) in [5, 5.41) is 6.54.